The van der Waals surface area contributed by atoms with E-state index in [4.69, 9.17) is 4.74 Å². The Kier molecular flexibility index (Phi) is 8.27. The van der Waals surface area contributed by atoms with Crippen LogP contribution in [0.4, 0.5) is 0 Å². The second-order valence-corrected chi connectivity index (χ2v) is 7.56. The molecule has 6 nitrogen and oxygen atoms in total. The van der Waals surface area contributed by atoms with E-state index in [-0.39, 0.29) is 11.8 Å². The summed E-state index contributed by atoms with van der Waals surface area (Å²) in [6.07, 6.45) is 2.12. The second kappa shape index (κ2) is 11.4. The van der Waals surface area contributed by atoms with E-state index in [0.717, 1.165) is 24.2 Å². The Morgan fingerprint density at radius 3 is 2.33 bits per heavy atom. The molecule has 1 N–H and O–H groups in total. The molecule has 1 fully saturated rings. The van der Waals surface area contributed by atoms with Crippen LogP contribution >= 0.6 is 0 Å². The number of nitrogens with one attached hydrogen (secondary N) is 1. The van der Waals surface area contributed by atoms with Gasteiger partial charge < -0.3 is 15.0 Å². The number of carbonyl (C=O) groups excluding carboxylic acids is 2. The van der Waals surface area contributed by atoms with Crippen molar-refractivity contribution in [3.8, 4) is 5.75 Å². The molecule has 30 heavy (non-hydrogen) atoms. The van der Waals surface area contributed by atoms with Crippen LogP contribution in [-0.4, -0.2) is 60.9 Å². The Bertz CT molecular complexity index is 800. The average molecular weight is 410 g/mol. The van der Waals surface area contributed by atoms with Gasteiger partial charge in [0.1, 0.15) is 5.75 Å². The van der Waals surface area contributed by atoms with E-state index in [1.165, 1.54) is 0 Å². The van der Waals surface area contributed by atoms with E-state index in [0.29, 0.717) is 51.4 Å². The van der Waals surface area contributed by atoms with Gasteiger partial charge in [0.2, 0.25) is 5.91 Å². The molecule has 2 aromatic carbocycles. The summed E-state index contributed by atoms with van der Waals surface area (Å²) in [5.74, 6) is 0.840. The molecule has 1 aliphatic heterocycles. The molecule has 0 spiro atoms. The molecular weight excluding hydrogens is 378 g/mol. The Labute approximate surface area is 178 Å². The minimum Gasteiger partial charge on any atom is -0.494 e. The van der Waals surface area contributed by atoms with Crippen LogP contribution in [0.2, 0.25) is 0 Å². The quantitative estimate of drug-likeness (QED) is 0.647. The van der Waals surface area contributed by atoms with Crippen molar-refractivity contribution in [2.24, 2.45) is 0 Å². The molecule has 3 rings (SSSR count). The van der Waals surface area contributed by atoms with E-state index in [1.807, 2.05) is 59.5 Å². The van der Waals surface area contributed by atoms with Gasteiger partial charge in [-0.3, -0.25) is 14.5 Å². The van der Waals surface area contributed by atoms with Crippen LogP contribution in [0.25, 0.3) is 0 Å². The highest BCUT2D eigenvalue weighted by Crippen LogP contribution is 2.15. The van der Waals surface area contributed by atoms with Crippen LogP contribution in [0.15, 0.2) is 54.6 Å². The molecule has 0 atom stereocenters. The summed E-state index contributed by atoms with van der Waals surface area (Å²) >= 11 is 0. The van der Waals surface area contributed by atoms with Crippen molar-refractivity contribution in [2.45, 2.75) is 26.3 Å². The van der Waals surface area contributed by atoms with Gasteiger partial charge in [-0.2, -0.15) is 0 Å². The first-order valence-corrected chi connectivity index (χ1v) is 10.7. The maximum atomic E-state index is 12.7. The Morgan fingerprint density at radius 2 is 1.67 bits per heavy atom. The van der Waals surface area contributed by atoms with Gasteiger partial charge in [0.25, 0.3) is 5.91 Å². The lowest BCUT2D eigenvalue weighted by molar-refractivity contribution is -0.122. The van der Waals surface area contributed by atoms with E-state index in [1.54, 1.807) is 0 Å². The minimum atomic E-state index is 0.0114. The monoisotopic (exact) mass is 409 g/mol. The van der Waals surface area contributed by atoms with Crippen LogP contribution in [0, 0.1) is 0 Å². The third-order valence-electron chi connectivity index (χ3n) is 5.23. The van der Waals surface area contributed by atoms with Crippen LogP contribution in [-0.2, 0) is 11.3 Å². The zero-order valence-electron chi connectivity index (χ0n) is 17.7. The van der Waals surface area contributed by atoms with Crippen LogP contribution in [0.1, 0.15) is 35.7 Å². The minimum absolute atomic E-state index is 0.0114. The highest BCUT2D eigenvalue weighted by atomic mass is 16.5. The van der Waals surface area contributed by atoms with E-state index >= 15 is 0 Å². The molecule has 160 valence electrons. The number of amides is 2. The summed E-state index contributed by atoms with van der Waals surface area (Å²) in [7, 11) is 0. The average Bonchev–Trinajstić information content (AvgIpc) is 2.79. The lowest BCUT2D eigenvalue weighted by atomic mass is 10.1. The normalized spacial score (nSPS) is 14.4. The molecule has 0 aliphatic carbocycles. The molecule has 1 saturated heterocycles. The number of hydrogen-bond acceptors (Lipinski definition) is 4. The Balaban J connectivity index is 1.40. The van der Waals surface area contributed by atoms with Gasteiger partial charge in [0.05, 0.1) is 13.2 Å². The molecule has 2 aromatic rings. The highest BCUT2D eigenvalue weighted by Gasteiger charge is 2.23. The second-order valence-electron chi connectivity index (χ2n) is 7.56. The fraction of sp³-hybridized carbons (Fsp3) is 0.417. The largest absolute Gasteiger partial charge is 0.494 e. The van der Waals surface area contributed by atoms with Crippen LogP contribution < -0.4 is 10.1 Å². The third-order valence-corrected chi connectivity index (χ3v) is 5.23. The number of unbranched alkanes of at least 4 members (excludes halogenated alkanes) is 1. The number of ether oxygens (including phenoxy) is 1. The van der Waals surface area contributed by atoms with Gasteiger partial charge in [0.15, 0.2) is 0 Å². The summed E-state index contributed by atoms with van der Waals surface area (Å²) in [4.78, 5) is 28.9. The predicted molar refractivity (Wildman–Crippen MR) is 117 cm³/mol. The smallest absolute Gasteiger partial charge is 0.253 e. The number of benzene rings is 2. The molecular formula is C24H31N3O3. The summed E-state index contributed by atoms with van der Waals surface area (Å²) in [6, 6.07) is 17.2. The molecule has 0 radical (unpaired) electrons. The van der Waals surface area contributed by atoms with Crippen molar-refractivity contribution in [2.75, 3.05) is 39.3 Å². The molecule has 0 saturated carbocycles. The molecule has 1 heterocycles. The van der Waals surface area contributed by atoms with Gasteiger partial charge in [-0.1, -0.05) is 43.7 Å². The first kappa shape index (κ1) is 21.8. The van der Waals surface area contributed by atoms with Crippen molar-refractivity contribution in [1.82, 2.24) is 15.1 Å². The summed E-state index contributed by atoms with van der Waals surface area (Å²) in [5.41, 5.74) is 1.76. The molecule has 0 unspecified atom stereocenters. The molecule has 6 heteroatoms. The maximum Gasteiger partial charge on any atom is 0.253 e. The molecule has 2 amide bonds. The zero-order chi connectivity index (χ0) is 21.2. The fourth-order valence-corrected chi connectivity index (χ4v) is 3.38. The van der Waals surface area contributed by atoms with Crippen LogP contribution in [0.5, 0.6) is 5.75 Å². The zero-order valence-corrected chi connectivity index (χ0v) is 17.7. The maximum absolute atomic E-state index is 12.7. The number of rotatable bonds is 9. The molecule has 0 bridgehead atoms. The SMILES string of the molecule is CCCCOc1ccc(C(=O)N2CCN(CC(=O)NCc3ccccc3)CC2)cc1. The van der Waals surface area contributed by atoms with E-state index in [9.17, 15) is 9.59 Å². The van der Waals surface area contributed by atoms with Gasteiger partial charge in [-0.15, -0.1) is 0 Å². The lowest BCUT2D eigenvalue weighted by Crippen LogP contribution is -2.51. The summed E-state index contributed by atoms with van der Waals surface area (Å²) in [6.45, 7) is 6.37. The number of piperazine rings is 1. The molecule has 0 aromatic heterocycles. The van der Waals surface area contributed by atoms with Crippen LogP contribution in [0.3, 0.4) is 0 Å². The Morgan fingerprint density at radius 1 is 0.967 bits per heavy atom. The number of nitrogens with zero attached hydrogens (tertiary/aromatic N) is 2. The van der Waals surface area contributed by atoms with Gasteiger partial charge in [-0.25, -0.2) is 0 Å². The fourth-order valence-electron chi connectivity index (χ4n) is 3.38. The number of hydrogen-bond donors (Lipinski definition) is 1. The lowest BCUT2D eigenvalue weighted by Gasteiger charge is -2.34. The van der Waals surface area contributed by atoms with E-state index < -0.39 is 0 Å². The highest BCUT2D eigenvalue weighted by molar-refractivity contribution is 5.94. The predicted octanol–water partition coefficient (Wildman–Crippen LogP) is 2.94. The Hall–Kier alpha value is -2.86. The first-order chi connectivity index (χ1) is 14.7. The van der Waals surface area contributed by atoms with Gasteiger partial charge in [0, 0.05) is 38.3 Å². The topological polar surface area (TPSA) is 61.9 Å². The number of carbonyl (C=O) groups is 2. The third kappa shape index (κ3) is 6.59. The standard InChI is InChI=1S/C24H31N3O3/c1-2-3-17-30-22-11-9-21(10-12-22)24(29)27-15-13-26(14-16-27)19-23(28)25-18-20-7-5-4-6-8-20/h4-12H,2-3,13-19H2,1H3,(H,25,28). The summed E-state index contributed by atoms with van der Waals surface area (Å²) < 4.78 is 5.66. The van der Waals surface area contributed by atoms with Crippen molar-refractivity contribution < 1.29 is 14.3 Å². The first-order valence-electron chi connectivity index (χ1n) is 10.7. The van der Waals surface area contributed by atoms with Crippen molar-refractivity contribution in [1.29, 1.82) is 0 Å². The van der Waals surface area contributed by atoms with E-state index in [2.05, 4.69) is 17.1 Å². The van der Waals surface area contributed by atoms with Crippen molar-refractivity contribution >= 4 is 11.8 Å². The van der Waals surface area contributed by atoms with Gasteiger partial charge in [-0.05, 0) is 36.2 Å². The van der Waals surface area contributed by atoms with Crippen molar-refractivity contribution in [3.63, 3.8) is 0 Å². The molecule has 1 aliphatic rings. The van der Waals surface area contributed by atoms with Gasteiger partial charge >= 0.3 is 0 Å². The summed E-state index contributed by atoms with van der Waals surface area (Å²) in [5, 5.41) is 2.96. The van der Waals surface area contributed by atoms with Crippen molar-refractivity contribution in [3.05, 3.63) is 65.7 Å².